The molecule has 3 unspecified atom stereocenters. The molecule has 0 aliphatic carbocycles. The zero-order valence-electron chi connectivity index (χ0n) is 11.4. The minimum absolute atomic E-state index is 0.519. The highest BCUT2D eigenvalue weighted by Crippen LogP contribution is 2.33. The molecule has 5 heteroatoms. The van der Waals surface area contributed by atoms with Crippen LogP contribution in [0, 0.1) is 0 Å². The number of rotatable bonds is 5. The minimum Gasteiger partial charge on any atom is -0.335 e. The molecule has 0 saturated carbocycles. The second-order valence-corrected chi connectivity index (χ2v) is 7.41. The van der Waals surface area contributed by atoms with E-state index >= 15 is 0 Å². The highest BCUT2D eigenvalue weighted by atomic mass is 32.2. The molecule has 0 spiro atoms. The first-order valence-electron chi connectivity index (χ1n) is 6.66. The molecule has 3 nitrogen and oxygen atoms in total. The van der Waals surface area contributed by atoms with Crippen LogP contribution in [0.5, 0.6) is 0 Å². The van der Waals surface area contributed by atoms with E-state index in [1.165, 1.54) is 17.3 Å². The van der Waals surface area contributed by atoms with E-state index < -0.39 is 0 Å². The number of nitrogens with zero attached hydrogens (tertiary/aromatic N) is 2. The van der Waals surface area contributed by atoms with Crippen LogP contribution >= 0.6 is 23.5 Å². The maximum absolute atomic E-state index is 4.50. The van der Waals surface area contributed by atoms with Gasteiger partial charge in [0.05, 0.1) is 0 Å². The number of hydrogen-bond acceptors (Lipinski definition) is 4. The van der Waals surface area contributed by atoms with Gasteiger partial charge in [0.1, 0.15) is 5.82 Å². The van der Waals surface area contributed by atoms with Gasteiger partial charge in [0, 0.05) is 53.4 Å². The Morgan fingerprint density at radius 1 is 1.50 bits per heavy atom. The average Bonchev–Trinajstić information content (AvgIpc) is 2.84. The zero-order chi connectivity index (χ0) is 13.0. The van der Waals surface area contributed by atoms with Crippen LogP contribution in [0.25, 0.3) is 0 Å². The summed E-state index contributed by atoms with van der Waals surface area (Å²) in [6, 6.07) is 0.519. The van der Waals surface area contributed by atoms with Gasteiger partial charge in [-0.25, -0.2) is 4.98 Å². The SMILES string of the molecule is CCn1ccnc1CC(NC)C1SCCSC1C. The van der Waals surface area contributed by atoms with E-state index in [9.17, 15) is 0 Å². The summed E-state index contributed by atoms with van der Waals surface area (Å²) >= 11 is 4.22. The Kier molecular flexibility index (Phi) is 5.45. The van der Waals surface area contributed by atoms with Gasteiger partial charge in [-0.05, 0) is 14.0 Å². The Bertz CT molecular complexity index is 367. The maximum atomic E-state index is 4.50. The Balaban J connectivity index is 2.04. The summed E-state index contributed by atoms with van der Waals surface area (Å²) < 4.78 is 2.25. The summed E-state index contributed by atoms with van der Waals surface area (Å²) in [5.41, 5.74) is 0. The van der Waals surface area contributed by atoms with Crippen molar-refractivity contribution in [1.29, 1.82) is 0 Å². The molecule has 0 bridgehead atoms. The summed E-state index contributed by atoms with van der Waals surface area (Å²) in [6.07, 6.45) is 5.02. The Labute approximate surface area is 119 Å². The molecule has 1 aromatic rings. The predicted octanol–water partition coefficient (Wildman–Crippen LogP) is 2.27. The first-order valence-corrected chi connectivity index (χ1v) is 8.76. The van der Waals surface area contributed by atoms with Crippen molar-refractivity contribution >= 4 is 23.5 Å². The van der Waals surface area contributed by atoms with Gasteiger partial charge in [0.2, 0.25) is 0 Å². The lowest BCUT2D eigenvalue weighted by Crippen LogP contribution is -2.44. The number of hydrogen-bond donors (Lipinski definition) is 1. The van der Waals surface area contributed by atoms with Crippen LogP contribution < -0.4 is 5.32 Å². The van der Waals surface area contributed by atoms with Crippen LogP contribution in [0.4, 0.5) is 0 Å². The van der Waals surface area contributed by atoms with E-state index in [1.807, 2.05) is 6.20 Å². The molecule has 1 fully saturated rings. The molecule has 2 heterocycles. The van der Waals surface area contributed by atoms with Gasteiger partial charge in [0.15, 0.2) is 0 Å². The van der Waals surface area contributed by atoms with Crippen molar-refractivity contribution in [3.05, 3.63) is 18.2 Å². The second kappa shape index (κ2) is 6.87. The summed E-state index contributed by atoms with van der Waals surface area (Å²) in [5, 5.41) is 4.92. The van der Waals surface area contributed by atoms with Gasteiger partial charge < -0.3 is 9.88 Å². The molecule has 0 radical (unpaired) electrons. The van der Waals surface area contributed by atoms with Crippen molar-refractivity contribution in [3.63, 3.8) is 0 Å². The number of nitrogens with one attached hydrogen (secondary N) is 1. The molecule has 1 aliphatic rings. The zero-order valence-corrected chi connectivity index (χ0v) is 13.1. The molecule has 2 rings (SSSR count). The van der Waals surface area contributed by atoms with E-state index in [0.29, 0.717) is 11.3 Å². The molecule has 102 valence electrons. The fraction of sp³-hybridized carbons (Fsp3) is 0.769. The fourth-order valence-electron chi connectivity index (χ4n) is 2.49. The van der Waals surface area contributed by atoms with Gasteiger partial charge in [0.25, 0.3) is 0 Å². The van der Waals surface area contributed by atoms with Crippen LogP contribution in [0.1, 0.15) is 19.7 Å². The first-order chi connectivity index (χ1) is 8.76. The molecular formula is C13H23N3S2. The van der Waals surface area contributed by atoms with Crippen LogP contribution in [0.3, 0.4) is 0 Å². The van der Waals surface area contributed by atoms with Gasteiger partial charge in [-0.2, -0.15) is 23.5 Å². The van der Waals surface area contributed by atoms with Crippen molar-refractivity contribution in [2.75, 3.05) is 18.6 Å². The van der Waals surface area contributed by atoms with Gasteiger partial charge in [-0.15, -0.1) is 0 Å². The van der Waals surface area contributed by atoms with Crippen LogP contribution in [0.15, 0.2) is 12.4 Å². The minimum atomic E-state index is 0.519. The van der Waals surface area contributed by atoms with E-state index in [0.717, 1.165) is 18.2 Å². The summed E-state index contributed by atoms with van der Waals surface area (Å²) in [6.45, 7) is 5.54. The highest BCUT2D eigenvalue weighted by molar-refractivity contribution is 8.07. The number of aryl methyl sites for hydroxylation is 1. The molecule has 3 atom stereocenters. The standard InChI is InChI=1S/C13H23N3S2/c1-4-16-6-5-15-12(16)9-11(14-3)13-10(2)17-7-8-18-13/h5-6,10-11,13-14H,4,7-9H2,1-3H3. The smallest absolute Gasteiger partial charge is 0.110 e. The molecule has 1 aromatic heterocycles. The normalized spacial score (nSPS) is 26.2. The summed E-state index contributed by atoms with van der Waals surface area (Å²) in [5.74, 6) is 3.78. The van der Waals surface area contributed by atoms with Crippen molar-refractivity contribution in [1.82, 2.24) is 14.9 Å². The molecule has 1 aliphatic heterocycles. The predicted molar refractivity (Wildman–Crippen MR) is 82.6 cm³/mol. The maximum Gasteiger partial charge on any atom is 0.110 e. The quantitative estimate of drug-likeness (QED) is 0.899. The number of aromatic nitrogens is 2. The van der Waals surface area contributed by atoms with Gasteiger partial charge in [-0.3, -0.25) is 0 Å². The Hall–Kier alpha value is -0.130. The lowest BCUT2D eigenvalue weighted by molar-refractivity contribution is 0.507. The fourth-order valence-corrected chi connectivity index (χ4v) is 5.49. The molecule has 0 aromatic carbocycles. The van der Waals surface area contributed by atoms with Crippen molar-refractivity contribution in [3.8, 4) is 0 Å². The van der Waals surface area contributed by atoms with E-state index in [1.54, 1.807) is 0 Å². The van der Waals surface area contributed by atoms with E-state index in [2.05, 4.69) is 65.5 Å². The lowest BCUT2D eigenvalue weighted by Gasteiger charge is -2.34. The average molecular weight is 285 g/mol. The molecule has 0 amide bonds. The first kappa shape index (κ1) is 14.3. The highest BCUT2D eigenvalue weighted by Gasteiger charge is 2.30. The Morgan fingerprint density at radius 3 is 2.94 bits per heavy atom. The topological polar surface area (TPSA) is 29.9 Å². The number of imidazole rings is 1. The molecule has 1 saturated heterocycles. The third-order valence-corrected chi connectivity index (χ3v) is 6.80. The Morgan fingerprint density at radius 2 is 2.28 bits per heavy atom. The van der Waals surface area contributed by atoms with Crippen molar-refractivity contribution in [2.45, 2.75) is 43.4 Å². The van der Waals surface area contributed by atoms with Gasteiger partial charge >= 0.3 is 0 Å². The summed E-state index contributed by atoms with van der Waals surface area (Å²) in [4.78, 5) is 4.50. The molecular weight excluding hydrogens is 262 g/mol. The third kappa shape index (κ3) is 3.25. The second-order valence-electron chi connectivity index (χ2n) is 4.64. The molecule has 1 N–H and O–H groups in total. The van der Waals surface area contributed by atoms with Crippen LogP contribution in [-0.4, -0.2) is 44.6 Å². The third-order valence-electron chi connectivity index (χ3n) is 3.55. The van der Waals surface area contributed by atoms with Crippen molar-refractivity contribution < 1.29 is 0 Å². The number of likely N-dealkylation sites (N-methyl/N-ethyl adjacent to an activating group) is 1. The largest absolute Gasteiger partial charge is 0.335 e. The van der Waals surface area contributed by atoms with E-state index in [4.69, 9.17) is 0 Å². The van der Waals surface area contributed by atoms with Crippen molar-refractivity contribution in [2.24, 2.45) is 0 Å². The summed E-state index contributed by atoms with van der Waals surface area (Å²) in [7, 11) is 2.08. The van der Waals surface area contributed by atoms with Gasteiger partial charge in [-0.1, -0.05) is 6.92 Å². The lowest BCUT2D eigenvalue weighted by atomic mass is 10.1. The van der Waals surface area contributed by atoms with Crippen LogP contribution in [0.2, 0.25) is 0 Å². The van der Waals surface area contributed by atoms with E-state index in [-0.39, 0.29) is 0 Å². The van der Waals surface area contributed by atoms with Crippen LogP contribution in [-0.2, 0) is 13.0 Å². The number of thioether (sulfide) groups is 2. The molecule has 18 heavy (non-hydrogen) atoms. The monoisotopic (exact) mass is 285 g/mol.